The van der Waals surface area contributed by atoms with E-state index >= 15 is 0 Å². The van der Waals surface area contributed by atoms with Gasteiger partial charge in [0.15, 0.2) is 0 Å². The van der Waals surface area contributed by atoms with E-state index in [-0.39, 0.29) is 19.1 Å². The van der Waals surface area contributed by atoms with Crippen LogP contribution in [0.15, 0.2) is 0 Å². The third kappa shape index (κ3) is 55.3. The van der Waals surface area contributed by atoms with E-state index in [0.29, 0.717) is 23.9 Å². The number of phosphoric acid groups is 1. The van der Waals surface area contributed by atoms with E-state index in [4.69, 9.17) is 9.05 Å². The number of likely N-dealkylation sites (N-methyl/N-ethyl adjacent to an activating group) is 1. The largest absolute Gasteiger partial charge is 0.472 e. The van der Waals surface area contributed by atoms with Crippen LogP contribution in [0.2, 0.25) is 0 Å². The number of aliphatic hydroxyl groups is 1. The molecule has 3 unspecified atom stereocenters. The number of phosphoric ester groups is 1. The summed E-state index contributed by atoms with van der Waals surface area (Å²) >= 11 is 0. The van der Waals surface area contributed by atoms with Gasteiger partial charge in [0.05, 0.1) is 39.9 Å². The second-order valence-electron chi connectivity index (χ2n) is 23.2. The molecule has 0 rings (SSSR count). The van der Waals surface area contributed by atoms with Gasteiger partial charge in [-0.05, 0) is 12.8 Å². The molecule has 0 saturated carbocycles. The van der Waals surface area contributed by atoms with Gasteiger partial charge in [0.2, 0.25) is 5.91 Å². The molecular weight excluding hydrogens is 888 g/mol. The zero-order chi connectivity index (χ0) is 51.3. The first kappa shape index (κ1) is 69.5. The Morgan fingerprint density at radius 1 is 0.429 bits per heavy atom. The van der Waals surface area contributed by atoms with Gasteiger partial charge in [-0.3, -0.25) is 13.8 Å². The zero-order valence-corrected chi connectivity index (χ0v) is 48.9. The molecule has 0 aliphatic heterocycles. The first-order chi connectivity index (χ1) is 34.0. The molecule has 1 amide bonds. The van der Waals surface area contributed by atoms with E-state index in [9.17, 15) is 19.4 Å². The first-order valence-corrected chi connectivity index (χ1v) is 32.9. The molecule has 0 fully saturated rings. The fourth-order valence-corrected chi connectivity index (χ4v) is 10.7. The fraction of sp³-hybridized carbons (Fsp3) is 0.984. The second kappa shape index (κ2) is 53.3. The van der Waals surface area contributed by atoms with Crippen LogP contribution in [0.4, 0.5) is 0 Å². The number of amides is 1. The highest BCUT2D eigenvalue weighted by Crippen LogP contribution is 2.43. The van der Waals surface area contributed by atoms with Gasteiger partial charge in [0.25, 0.3) is 0 Å². The number of aliphatic hydroxyl groups excluding tert-OH is 1. The van der Waals surface area contributed by atoms with Crippen molar-refractivity contribution in [1.82, 2.24) is 5.32 Å². The van der Waals surface area contributed by atoms with Gasteiger partial charge in [-0.25, -0.2) is 4.57 Å². The van der Waals surface area contributed by atoms with E-state index in [1.165, 1.54) is 270 Å². The summed E-state index contributed by atoms with van der Waals surface area (Å²) in [5.74, 6) is -0.135. The number of unbranched alkanes of at least 4 members (excludes halogenated alkanes) is 46. The van der Waals surface area contributed by atoms with Crippen LogP contribution in [0.1, 0.15) is 335 Å². The topological polar surface area (TPSA) is 105 Å². The van der Waals surface area contributed by atoms with Gasteiger partial charge >= 0.3 is 7.82 Å². The predicted molar refractivity (Wildman–Crippen MR) is 305 cm³/mol. The van der Waals surface area contributed by atoms with Gasteiger partial charge in [-0.1, -0.05) is 316 Å². The maximum Gasteiger partial charge on any atom is 0.472 e. The van der Waals surface area contributed by atoms with Crippen LogP contribution in [0.5, 0.6) is 0 Å². The number of carbonyl (C=O) groups is 1. The number of nitrogens with zero attached hydrogens (tertiary/aromatic N) is 1. The lowest BCUT2D eigenvalue weighted by Crippen LogP contribution is -2.46. The lowest BCUT2D eigenvalue weighted by Gasteiger charge is -2.26. The molecule has 0 spiro atoms. The Morgan fingerprint density at radius 2 is 0.686 bits per heavy atom. The van der Waals surface area contributed by atoms with Crippen molar-refractivity contribution in [3.8, 4) is 0 Å². The third-order valence-electron chi connectivity index (χ3n) is 14.9. The summed E-state index contributed by atoms with van der Waals surface area (Å²) in [4.78, 5) is 23.4. The van der Waals surface area contributed by atoms with Crippen molar-refractivity contribution in [2.45, 2.75) is 347 Å². The van der Waals surface area contributed by atoms with Crippen molar-refractivity contribution in [3.05, 3.63) is 0 Å². The molecule has 0 heterocycles. The summed E-state index contributed by atoms with van der Waals surface area (Å²) in [6.07, 6.45) is 64.6. The van der Waals surface area contributed by atoms with Crippen molar-refractivity contribution in [1.29, 1.82) is 0 Å². The minimum atomic E-state index is -4.32. The maximum atomic E-state index is 13.0. The van der Waals surface area contributed by atoms with E-state index in [0.717, 1.165) is 38.5 Å². The van der Waals surface area contributed by atoms with E-state index < -0.39 is 20.0 Å². The average molecular weight is 1010 g/mol. The lowest BCUT2D eigenvalue weighted by atomic mass is 10.0. The minimum absolute atomic E-state index is 0.0793. The van der Waals surface area contributed by atoms with Crippen LogP contribution in [0.3, 0.4) is 0 Å². The SMILES string of the molecule is CCCCCCCCCCCCCCCCCCCCCCCCCCCCCCC(O)C(COP(=O)(O)OCC[N+](C)(C)C)NC(=O)CCCCCCCCCCCCCCCCCCCCCC. The van der Waals surface area contributed by atoms with Crippen molar-refractivity contribution in [2.75, 3.05) is 40.9 Å². The Labute approximate surface area is 438 Å². The standard InChI is InChI=1S/C61H125N2O6P/c1-6-8-10-12-14-16-18-20-22-24-26-28-29-30-31-32-33-34-35-36-38-40-42-44-46-48-50-52-54-60(64)59(58-69-70(66,67)68-57-56-63(3,4)5)62-61(65)55-53-51-49-47-45-43-41-39-37-27-25-23-21-19-17-15-13-11-9-7-2/h59-60,64H,6-58H2,1-5H3,(H-,62,65,66,67)/p+1. The van der Waals surface area contributed by atoms with Crippen molar-refractivity contribution < 1.29 is 32.9 Å². The fourth-order valence-electron chi connectivity index (χ4n) is 9.93. The number of rotatable bonds is 59. The molecular formula is C61H126N2O6P+. The molecule has 9 heteroatoms. The number of quaternary nitrogens is 1. The van der Waals surface area contributed by atoms with Crippen molar-refractivity contribution >= 4 is 13.7 Å². The molecule has 0 aliphatic rings. The molecule has 3 N–H and O–H groups in total. The Morgan fingerprint density at radius 3 is 0.957 bits per heavy atom. The summed E-state index contributed by atoms with van der Waals surface area (Å²) < 4.78 is 23.8. The van der Waals surface area contributed by atoms with Crippen molar-refractivity contribution in [2.24, 2.45) is 0 Å². The highest BCUT2D eigenvalue weighted by Gasteiger charge is 2.28. The zero-order valence-electron chi connectivity index (χ0n) is 48.1. The Bertz CT molecular complexity index is 1100. The summed E-state index contributed by atoms with van der Waals surface area (Å²) in [5.41, 5.74) is 0. The van der Waals surface area contributed by atoms with Crippen LogP contribution < -0.4 is 5.32 Å². The molecule has 0 bridgehead atoms. The number of hydrogen-bond donors (Lipinski definition) is 3. The van der Waals surface area contributed by atoms with Gasteiger partial charge in [0.1, 0.15) is 13.2 Å². The third-order valence-corrected chi connectivity index (χ3v) is 15.8. The molecule has 3 atom stereocenters. The quantitative estimate of drug-likeness (QED) is 0.0318. The predicted octanol–water partition coefficient (Wildman–Crippen LogP) is 19.2. The number of hydrogen-bond acceptors (Lipinski definition) is 5. The average Bonchev–Trinajstić information content (AvgIpc) is 3.32. The molecule has 0 aromatic carbocycles. The number of nitrogens with one attached hydrogen (secondary N) is 1. The van der Waals surface area contributed by atoms with Gasteiger partial charge in [-0.15, -0.1) is 0 Å². The molecule has 70 heavy (non-hydrogen) atoms. The molecule has 8 nitrogen and oxygen atoms in total. The van der Waals surface area contributed by atoms with Gasteiger partial charge in [0, 0.05) is 6.42 Å². The highest BCUT2D eigenvalue weighted by molar-refractivity contribution is 7.47. The highest BCUT2D eigenvalue weighted by atomic mass is 31.2. The van der Waals surface area contributed by atoms with Crippen LogP contribution in [-0.4, -0.2) is 73.4 Å². The summed E-state index contributed by atoms with van der Waals surface area (Å²) in [5, 5.41) is 14.1. The first-order valence-electron chi connectivity index (χ1n) is 31.4. The van der Waals surface area contributed by atoms with Gasteiger partial charge < -0.3 is 19.8 Å². The van der Waals surface area contributed by atoms with Gasteiger partial charge in [-0.2, -0.15) is 0 Å². The molecule has 0 aromatic heterocycles. The summed E-state index contributed by atoms with van der Waals surface area (Å²) in [6.45, 7) is 4.96. The normalized spacial score (nSPS) is 13.8. The van der Waals surface area contributed by atoms with Crippen LogP contribution in [0, 0.1) is 0 Å². The van der Waals surface area contributed by atoms with Crippen LogP contribution in [-0.2, 0) is 18.4 Å². The van der Waals surface area contributed by atoms with Crippen molar-refractivity contribution in [3.63, 3.8) is 0 Å². The Kier molecular flexibility index (Phi) is 52.9. The molecule has 0 aromatic rings. The summed E-state index contributed by atoms with van der Waals surface area (Å²) in [6, 6.07) is -0.756. The number of carbonyl (C=O) groups excluding carboxylic acids is 1. The van der Waals surface area contributed by atoms with E-state index in [1.807, 2.05) is 21.1 Å². The molecule has 0 radical (unpaired) electrons. The molecule has 0 saturated heterocycles. The lowest BCUT2D eigenvalue weighted by molar-refractivity contribution is -0.870. The minimum Gasteiger partial charge on any atom is -0.391 e. The summed E-state index contributed by atoms with van der Waals surface area (Å²) in [7, 11) is 1.64. The van der Waals surface area contributed by atoms with E-state index in [1.54, 1.807) is 0 Å². The smallest absolute Gasteiger partial charge is 0.391 e. The van der Waals surface area contributed by atoms with E-state index in [2.05, 4.69) is 19.2 Å². The monoisotopic (exact) mass is 1010 g/mol. The maximum absolute atomic E-state index is 13.0. The van der Waals surface area contributed by atoms with Crippen LogP contribution in [0.25, 0.3) is 0 Å². The Hall–Kier alpha value is -0.500. The second-order valence-corrected chi connectivity index (χ2v) is 24.6. The molecule has 420 valence electrons. The van der Waals surface area contributed by atoms with Crippen LogP contribution >= 0.6 is 7.82 Å². The molecule has 0 aliphatic carbocycles. The Balaban J connectivity index is 4.05.